The standard InChI is InChI=1S/C20H33N3O/c1-15-13-17(22(5)19(24)18(21)20(2,3)4)11-12-23(15)14-16-9-7-6-8-10-16/h6-10,15,17-18H,11-14,21H2,1-5H3. The first-order valence-electron chi connectivity index (χ1n) is 9.00. The van der Waals surface area contributed by atoms with Crippen molar-refractivity contribution in [2.75, 3.05) is 13.6 Å². The summed E-state index contributed by atoms with van der Waals surface area (Å²) in [6.07, 6.45) is 2.02. The minimum atomic E-state index is -0.444. The van der Waals surface area contributed by atoms with Crippen molar-refractivity contribution in [2.45, 2.75) is 65.2 Å². The number of carbonyl (C=O) groups excluding carboxylic acids is 1. The molecule has 1 aromatic rings. The lowest BCUT2D eigenvalue weighted by molar-refractivity contribution is -0.137. The number of likely N-dealkylation sites (N-methyl/N-ethyl adjacent to an activating group) is 1. The predicted molar refractivity (Wildman–Crippen MR) is 99.5 cm³/mol. The summed E-state index contributed by atoms with van der Waals surface area (Å²) in [5, 5.41) is 0. The lowest BCUT2D eigenvalue weighted by atomic mass is 9.86. The van der Waals surface area contributed by atoms with Gasteiger partial charge in [-0.1, -0.05) is 51.1 Å². The van der Waals surface area contributed by atoms with Crippen LogP contribution in [0, 0.1) is 5.41 Å². The number of hydrogen-bond acceptors (Lipinski definition) is 3. The van der Waals surface area contributed by atoms with E-state index < -0.39 is 6.04 Å². The van der Waals surface area contributed by atoms with Crippen LogP contribution in [0.15, 0.2) is 30.3 Å². The number of carbonyl (C=O) groups is 1. The van der Waals surface area contributed by atoms with E-state index in [-0.39, 0.29) is 17.4 Å². The number of hydrogen-bond donors (Lipinski definition) is 1. The second-order valence-electron chi connectivity index (χ2n) is 8.28. The maximum absolute atomic E-state index is 12.7. The molecule has 1 saturated heterocycles. The molecule has 1 aliphatic heterocycles. The first kappa shape index (κ1) is 18.9. The summed E-state index contributed by atoms with van der Waals surface area (Å²) in [6.45, 7) is 10.3. The average molecular weight is 332 g/mol. The Balaban J connectivity index is 1.93. The van der Waals surface area contributed by atoms with Gasteiger partial charge in [0.2, 0.25) is 5.91 Å². The summed E-state index contributed by atoms with van der Waals surface area (Å²) in [5.41, 5.74) is 7.31. The summed E-state index contributed by atoms with van der Waals surface area (Å²) in [5.74, 6) is 0.0659. The third-order valence-corrected chi connectivity index (χ3v) is 5.31. The molecule has 1 aliphatic rings. The van der Waals surface area contributed by atoms with Gasteiger partial charge in [0.25, 0.3) is 0 Å². The van der Waals surface area contributed by atoms with Crippen molar-refractivity contribution in [3.8, 4) is 0 Å². The van der Waals surface area contributed by atoms with Crippen molar-refractivity contribution in [3.05, 3.63) is 35.9 Å². The minimum Gasteiger partial charge on any atom is -0.341 e. The number of nitrogens with two attached hydrogens (primary N) is 1. The van der Waals surface area contributed by atoms with Crippen LogP contribution in [0.1, 0.15) is 46.1 Å². The van der Waals surface area contributed by atoms with Gasteiger partial charge in [-0.2, -0.15) is 0 Å². The number of piperidine rings is 1. The van der Waals surface area contributed by atoms with Crippen molar-refractivity contribution in [1.29, 1.82) is 0 Å². The van der Waals surface area contributed by atoms with E-state index in [4.69, 9.17) is 5.73 Å². The number of amides is 1. The van der Waals surface area contributed by atoms with Gasteiger partial charge in [-0.25, -0.2) is 0 Å². The zero-order valence-electron chi connectivity index (χ0n) is 15.8. The molecule has 0 saturated carbocycles. The van der Waals surface area contributed by atoms with Crippen LogP contribution in [0.3, 0.4) is 0 Å². The van der Waals surface area contributed by atoms with Crippen LogP contribution in [0.2, 0.25) is 0 Å². The summed E-state index contributed by atoms with van der Waals surface area (Å²) in [6, 6.07) is 10.9. The largest absolute Gasteiger partial charge is 0.341 e. The smallest absolute Gasteiger partial charge is 0.240 e. The van der Waals surface area contributed by atoms with E-state index in [0.29, 0.717) is 6.04 Å². The van der Waals surface area contributed by atoms with E-state index in [1.807, 2.05) is 32.7 Å². The maximum Gasteiger partial charge on any atom is 0.240 e. The Morgan fingerprint density at radius 3 is 2.50 bits per heavy atom. The highest BCUT2D eigenvalue weighted by molar-refractivity contribution is 5.82. The van der Waals surface area contributed by atoms with Crippen molar-refractivity contribution < 1.29 is 4.79 Å². The van der Waals surface area contributed by atoms with E-state index in [2.05, 4.69) is 42.2 Å². The Bertz CT molecular complexity index is 538. The molecule has 2 N–H and O–H groups in total. The highest BCUT2D eigenvalue weighted by Gasteiger charge is 2.35. The van der Waals surface area contributed by atoms with Gasteiger partial charge in [-0.3, -0.25) is 9.69 Å². The van der Waals surface area contributed by atoms with Crippen LogP contribution in [0.5, 0.6) is 0 Å². The quantitative estimate of drug-likeness (QED) is 0.923. The van der Waals surface area contributed by atoms with Gasteiger partial charge in [-0.15, -0.1) is 0 Å². The first-order chi connectivity index (χ1) is 11.2. The van der Waals surface area contributed by atoms with Crippen LogP contribution < -0.4 is 5.73 Å². The summed E-state index contributed by atoms with van der Waals surface area (Å²) in [7, 11) is 1.91. The normalized spacial score (nSPS) is 23.8. The molecule has 0 aliphatic carbocycles. The molecule has 1 heterocycles. The fraction of sp³-hybridized carbons (Fsp3) is 0.650. The molecular formula is C20H33N3O. The fourth-order valence-electron chi connectivity index (χ4n) is 3.37. The van der Waals surface area contributed by atoms with E-state index in [1.54, 1.807) is 0 Å². The van der Waals surface area contributed by atoms with Crippen molar-refractivity contribution in [2.24, 2.45) is 11.1 Å². The van der Waals surface area contributed by atoms with Crippen LogP contribution in [0.4, 0.5) is 0 Å². The molecule has 3 unspecified atom stereocenters. The molecule has 1 aromatic carbocycles. The van der Waals surface area contributed by atoms with Gasteiger partial charge in [-0.05, 0) is 30.7 Å². The molecule has 0 spiro atoms. The number of rotatable bonds is 4. The average Bonchev–Trinajstić information content (AvgIpc) is 2.54. The molecule has 1 amide bonds. The topological polar surface area (TPSA) is 49.6 Å². The SMILES string of the molecule is CC1CC(N(C)C(=O)C(N)C(C)(C)C)CCN1Cc1ccccc1. The van der Waals surface area contributed by atoms with E-state index in [1.165, 1.54) is 5.56 Å². The lowest BCUT2D eigenvalue weighted by Crippen LogP contribution is -2.55. The van der Waals surface area contributed by atoms with Gasteiger partial charge in [0.05, 0.1) is 6.04 Å². The minimum absolute atomic E-state index is 0.0659. The first-order valence-corrected chi connectivity index (χ1v) is 9.00. The zero-order valence-corrected chi connectivity index (χ0v) is 15.8. The van der Waals surface area contributed by atoms with Crippen molar-refractivity contribution in [1.82, 2.24) is 9.80 Å². The molecule has 4 nitrogen and oxygen atoms in total. The monoisotopic (exact) mass is 331 g/mol. The zero-order chi connectivity index (χ0) is 17.9. The number of benzene rings is 1. The van der Waals surface area contributed by atoms with Gasteiger partial charge in [0, 0.05) is 32.2 Å². The van der Waals surface area contributed by atoms with Crippen LogP contribution >= 0.6 is 0 Å². The second kappa shape index (κ2) is 7.66. The molecule has 0 aromatic heterocycles. The molecule has 0 bridgehead atoms. The van der Waals surface area contributed by atoms with Crippen molar-refractivity contribution in [3.63, 3.8) is 0 Å². The fourth-order valence-corrected chi connectivity index (χ4v) is 3.37. The Hall–Kier alpha value is -1.39. The Morgan fingerprint density at radius 1 is 1.33 bits per heavy atom. The van der Waals surface area contributed by atoms with E-state index in [0.717, 1.165) is 25.9 Å². The molecular weight excluding hydrogens is 298 g/mol. The number of nitrogens with zero attached hydrogens (tertiary/aromatic N) is 2. The van der Waals surface area contributed by atoms with Gasteiger partial charge < -0.3 is 10.6 Å². The van der Waals surface area contributed by atoms with Gasteiger partial charge in [0.15, 0.2) is 0 Å². The van der Waals surface area contributed by atoms with Crippen LogP contribution in [0.25, 0.3) is 0 Å². The van der Waals surface area contributed by atoms with Crippen LogP contribution in [-0.2, 0) is 11.3 Å². The third kappa shape index (κ3) is 4.58. The molecule has 1 fully saturated rings. The predicted octanol–water partition coefficient (Wildman–Crippen LogP) is 2.87. The van der Waals surface area contributed by atoms with E-state index >= 15 is 0 Å². The summed E-state index contributed by atoms with van der Waals surface area (Å²) in [4.78, 5) is 17.1. The Labute approximate surface area is 147 Å². The van der Waals surface area contributed by atoms with E-state index in [9.17, 15) is 4.79 Å². The van der Waals surface area contributed by atoms with Crippen molar-refractivity contribution >= 4 is 5.91 Å². The highest BCUT2D eigenvalue weighted by atomic mass is 16.2. The molecule has 0 radical (unpaired) electrons. The lowest BCUT2D eigenvalue weighted by Gasteiger charge is -2.42. The summed E-state index contributed by atoms with van der Waals surface area (Å²) >= 11 is 0. The maximum atomic E-state index is 12.7. The Morgan fingerprint density at radius 2 is 1.96 bits per heavy atom. The third-order valence-electron chi connectivity index (χ3n) is 5.31. The van der Waals surface area contributed by atoms with Gasteiger partial charge in [0.1, 0.15) is 0 Å². The number of likely N-dealkylation sites (tertiary alicyclic amines) is 1. The molecule has 2 rings (SSSR count). The Kier molecular flexibility index (Phi) is 6.05. The molecule has 24 heavy (non-hydrogen) atoms. The molecule has 4 heteroatoms. The highest BCUT2D eigenvalue weighted by Crippen LogP contribution is 2.25. The second-order valence-corrected chi connectivity index (χ2v) is 8.28. The molecule has 3 atom stereocenters. The molecule has 134 valence electrons. The van der Waals surface area contributed by atoms with Gasteiger partial charge >= 0.3 is 0 Å². The van der Waals surface area contributed by atoms with Crippen LogP contribution in [-0.4, -0.2) is 47.4 Å². The summed E-state index contributed by atoms with van der Waals surface area (Å²) < 4.78 is 0.